The standard InChI is InChI=1S/C14H11F2NO5/c15-12(16)14(6-3-7-21-14)13(20)22-17-10(18)8-4-1-2-5-9(8)11(17)19/h1-2,4-5,12H,3,6-7H2. The summed E-state index contributed by atoms with van der Waals surface area (Å²) in [6.07, 6.45) is -3.08. The number of carbonyl (C=O) groups excluding carboxylic acids is 3. The van der Waals surface area contributed by atoms with Crippen molar-refractivity contribution in [3.05, 3.63) is 35.4 Å². The third kappa shape index (κ3) is 1.98. The van der Waals surface area contributed by atoms with Crippen LogP contribution in [0.5, 0.6) is 0 Å². The molecule has 2 heterocycles. The number of halogens is 2. The molecule has 1 unspecified atom stereocenters. The van der Waals surface area contributed by atoms with Gasteiger partial charge in [0.2, 0.25) is 5.60 Å². The zero-order chi connectivity index (χ0) is 15.9. The van der Waals surface area contributed by atoms with Crippen molar-refractivity contribution in [2.75, 3.05) is 6.61 Å². The lowest BCUT2D eigenvalue weighted by Crippen LogP contribution is -2.49. The van der Waals surface area contributed by atoms with E-state index >= 15 is 0 Å². The van der Waals surface area contributed by atoms with Gasteiger partial charge < -0.3 is 9.57 Å². The van der Waals surface area contributed by atoms with E-state index in [9.17, 15) is 23.2 Å². The van der Waals surface area contributed by atoms with Crippen LogP contribution in [-0.2, 0) is 14.4 Å². The third-order valence-corrected chi connectivity index (χ3v) is 3.68. The minimum atomic E-state index is -3.11. The van der Waals surface area contributed by atoms with E-state index in [1.807, 2.05) is 0 Å². The lowest BCUT2D eigenvalue weighted by atomic mass is 10.0. The monoisotopic (exact) mass is 311 g/mol. The van der Waals surface area contributed by atoms with E-state index < -0.39 is 29.8 Å². The first-order chi connectivity index (χ1) is 10.5. The van der Waals surface area contributed by atoms with E-state index in [1.165, 1.54) is 24.3 Å². The molecule has 2 aliphatic rings. The molecule has 0 saturated carbocycles. The second-order valence-electron chi connectivity index (χ2n) is 4.97. The maximum atomic E-state index is 13.2. The summed E-state index contributed by atoms with van der Waals surface area (Å²) >= 11 is 0. The van der Waals surface area contributed by atoms with Gasteiger partial charge in [-0.25, -0.2) is 13.6 Å². The molecule has 0 N–H and O–H groups in total. The van der Waals surface area contributed by atoms with Crippen LogP contribution in [0.3, 0.4) is 0 Å². The van der Waals surface area contributed by atoms with Crippen molar-refractivity contribution in [1.29, 1.82) is 0 Å². The molecule has 1 atom stereocenters. The van der Waals surface area contributed by atoms with Crippen LogP contribution >= 0.6 is 0 Å². The molecule has 0 aromatic heterocycles. The first kappa shape index (κ1) is 14.6. The zero-order valence-corrected chi connectivity index (χ0v) is 11.3. The molecule has 6 nitrogen and oxygen atoms in total. The quantitative estimate of drug-likeness (QED) is 0.792. The zero-order valence-electron chi connectivity index (χ0n) is 11.3. The molecule has 3 rings (SSSR count). The average molecular weight is 311 g/mol. The number of fused-ring (bicyclic) bond motifs is 1. The largest absolute Gasteiger partial charge is 0.370 e. The average Bonchev–Trinajstić information content (AvgIpc) is 3.09. The van der Waals surface area contributed by atoms with Gasteiger partial charge in [0, 0.05) is 6.61 Å². The van der Waals surface area contributed by atoms with Crippen LogP contribution in [0.2, 0.25) is 0 Å². The van der Waals surface area contributed by atoms with E-state index in [1.54, 1.807) is 0 Å². The summed E-state index contributed by atoms with van der Waals surface area (Å²) in [5.41, 5.74) is -2.31. The Kier molecular flexibility index (Phi) is 3.40. The number of carbonyl (C=O) groups is 3. The summed E-state index contributed by atoms with van der Waals surface area (Å²) in [4.78, 5) is 40.8. The van der Waals surface area contributed by atoms with E-state index in [2.05, 4.69) is 4.84 Å². The number of nitrogens with zero attached hydrogens (tertiary/aromatic N) is 1. The molecular formula is C14H11F2NO5. The molecule has 116 valence electrons. The van der Waals surface area contributed by atoms with Gasteiger partial charge in [-0.15, -0.1) is 0 Å². The summed E-state index contributed by atoms with van der Waals surface area (Å²) in [5.74, 6) is -3.16. The number of benzene rings is 1. The predicted molar refractivity (Wildman–Crippen MR) is 67.0 cm³/mol. The summed E-state index contributed by atoms with van der Waals surface area (Å²) < 4.78 is 31.2. The van der Waals surface area contributed by atoms with Crippen molar-refractivity contribution in [2.45, 2.75) is 24.9 Å². The number of rotatable bonds is 3. The van der Waals surface area contributed by atoms with Gasteiger partial charge in [-0.1, -0.05) is 17.2 Å². The molecule has 1 aromatic rings. The summed E-state index contributed by atoms with van der Waals surface area (Å²) in [5, 5.41) is 0.207. The van der Waals surface area contributed by atoms with Gasteiger partial charge in [-0.3, -0.25) is 9.59 Å². The van der Waals surface area contributed by atoms with Crippen molar-refractivity contribution >= 4 is 17.8 Å². The maximum Gasteiger partial charge on any atom is 0.370 e. The number of hydrogen-bond donors (Lipinski definition) is 0. The Hall–Kier alpha value is -2.35. The van der Waals surface area contributed by atoms with Gasteiger partial charge in [0.15, 0.2) is 0 Å². The fourth-order valence-corrected chi connectivity index (χ4v) is 2.49. The molecule has 0 radical (unpaired) electrons. The normalized spacial score (nSPS) is 24.0. The van der Waals surface area contributed by atoms with Crippen LogP contribution in [0.25, 0.3) is 0 Å². The summed E-state index contributed by atoms with van der Waals surface area (Å²) in [7, 11) is 0. The van der Waals surface area contributed by atoms with Crippen molar-refractivity contribution < 1.29 is 32.7 Å². The van der Waals surface area contributed by atoms with Gasteiger partial charge in [0.25, 0.3) is 18.2 Å². The Morgan fingerprint density at radius 2 is 1.82 bits per heavy atom. The lowest BCUT2D eigenvalue weighted by Gasteiger charge is -2.26. The molecular weight excluding hydrogens is 300 g/mol. The molecule has 1 saturated heterocycles. The highest BCUT2D eigenvalue weighted by Crippen LogP contribution is 2.34. The van der Waals surface area contributed by atoms with Crippen molar-refractivity contribution in [3.63, 3.8) is 0 Å². The Bertz CT molecular complexity index is 619. The van der Waals surface area contributed by atoms with Gasteiger partial charge in [0.05, 0.1) is 11.1 Å². The predicted octanol–water partition coefficient (Wildman–Crippen LogP) is 1.56. The Labute approximate surface area is 123 Å². The summed E-state index contributed by atoms with van der Waals surface area (Å²) in [6.45, 7) is -0.0123. The highest BCUT2D eigenvalue weighted by molar-refractivity contribution is 6.21. The Morgan fingerprint density at radius 3 is 2.27 bits per heavy atom. The number of hydrogen-bond acceptors (Lipinski definition) is 5. The van der Waals surface area contributed by atoms with Crippen molar-refractivity contribution in [2.24, 2.45) is 0 Å². The maximum absolute atomic E-state index is 13.2. The van der Waals surface area contributed by atoms with E-state index in [-0.39, 0.29) is 35.6 Å². The number of amides is 2. The molecule has 0 bridgehead atoms. The van der Waals surface area contributed by atoms with Crippen molar-refractivity contribution in [3.8, 4) is 0 Å². The number of hydroxylamine groups is 2. The van der Waals surface area contributed by atoms with Gasteiger partial charge >= 0.3 is 5.97 Å². The number of alkyl halides is 2. The molecule has 0 aliphatic carbocycles. The first-order valence-corrected chi connectivity index (χ1v) is 6.60. The second kappa shape index (κ2) is 5.13. The number of ether oxygens (including phenoxy) is 1. The fourth-order valence-electron chi connectivity index (χ4n) is 2.49. The van der Waals surface area contributed by atoms with E-state index in [0.717, 1.165) is 0 Å². The highest BCUT2D eigenvalue weighted by atomic mass is 19.3. The van der Waals surface area contributed by atoms with E-state index in [0.29, 0.717) is 0 Å². The number of imide groups is 1. The summed E-state index contributed by atoms with van der Waals surface area (Å²) in [6, 6.07) is 5.85. The third-order valence-electron chi connectivity index (χ3n) is 3.68. The second-order valence-corrected chi connectivity index (χ2v) is 4.97. The SMILES string of the molecule is O=C1c2ccccc2C(=O)N1OC(=O)C1(C(F)F)CCCO1. The van der Waals surface area contributed by atoms with Crippen LogP contribution in [-0.4, -0.2) is 41.5 Å². The topological polar surface area (TPSA) is 72.9 Å². The Morgan fingerprint density at radius 1 is 1.23 bits per heavy atom. The minimum Gasteiger partial charge on any atom is -0.358 e. The van der Waals surface area contributed by atoms with Gasteiger partial charge in [0.1, 0.15) is 0 Å². The lowest BCUT2D eigenvalue weighted by molar-refractivity contribution is -0.207. The highest BCUT2D eigenvalue weighted by Gasteiger charge is 2.55. The van der Waals surface area contributed by atoms with Crippen LogP contribution in [0.4, 0.5) is 8.78 Å². The van der Waals surface area contributed by atoms with Crippen LogP contribution < -0.4 is 0 Å². The molecule has 2 amide bonds. The molecule has 1 fully saturated rings. The van der Waals surface area contributed by atoms with Crippen LogP contribution in [0.15, 0.2) is 24.3 Å². The molecule has 8 heteroatoms. The van der Waals surface area contributed by atoms with Crippen LogP contribution in [0, 0.1) is 0 Å². The molecule has 0 spiro atoms. The van der Waals surface area contributed by atoms with E-state index in [4.69, 9.17) is 4.74 Å². The van der Waals surface area contributed by atoms with Gasteiger partial charge in [-0.2, -0.15) is 0 Å². The van der Waals surface area contributed by atoms with Gasteiger partial charge in [-0.05, 0) is 25.0 Å². The minimum absolute atomic E-state index is 0.0123. The molecule has 2 aliphatic heterocycles. The van der Waals surface area contributed by atoms with Crippen molar-refractivity contribution in [1.82, 2.24) is 5.06 Å². The van der Waals surface area contributed by atoms with Crippen LogP contribution in [0.1, 0.15) is 33.6 Å². The smallest absolute Gasteiger partial charge is 0.358 e. The first-order valence-electron chi connectivity index (χ1n) is 6.60. The molecule has 1 aromatic carbocycles. The fraction of sp³-hybridized carbons (Fsp3) is 0.357. The Balaban J connectivity index is 1.84. The molecule has 22 heavy (non-hydrogen) atoms.